The number of rotatable bonds is 5. The lowest BCUT2D eigenvalue weighted by Crippen LogP contribution is -2.27. The molecule has 0 N–H and O–H groups in total. The van der Waals surface area contributed by atoms with Gasteiger partial charge < -0.3 is 0 Å². The van der Waals surface area contributed by atoms with E-state index < -0.39 is 10.0 Å². The first-order valence-electron chi connectivity index (χ1n) is 6.49. The fourth-order valence-corrected chi connectivity index (χ4v) is 3.12. The highest BCUT2D eigenvalue weighted by atomic mass is 32.2. The summed E-state index contributed by atoms with van der Waals surface area (Å²) in [6.45, 7) is 4.94. The van der Waals surface area contributed by atoms with Crippen molar-refractivity contribution in [1.82, 2.24) is 14.1 Å². The lowest BCUT2D eigenvalue weighted by Gasteiger charge is -2.17. The molecule has 0 atom stereocenters. The van der Waals surface area contributed by atoms with Gasteiger partial charge in [0.1, 0.15) is 0 Å². The van der Waals surface area contributed by atoms with E-state index in [0.29, 0.717) is 11.4 Å². The van der Waals surface area contributed by atoms with Gasteiger partial charge in [-0.15, -0.1) is 0 Å². The van der Waals surface area contributed by atoms with Crippen molar-refractivity contribution in [2.45, 2.75) is 31.8 Å². The van der Waals surface area contributed by atoms with Gasteiger partial charge in [-0.1, -0.05) is 17.7 Å². The molecule has 1 heterocycles. The van der Waals surface area contributed by atoms with E-state index in [4.69, 9.17) is 0 Å². The second kappa shape index (κ2) is 5.76. The highest BCUT2D eigenvalue weighted by Gasteiger charge is 2.21. The van der Waals surface area contributed by atoms with Crippen molar-refractivity contribution >= 4 is 10.0 Å². The molecular weight excluding hydrogens is 274 g/mol. The average Bonchev–Trinajstić information content (AvgIpc) is 2.86. The van der Waals surface area contributed by atoms with E-state index in [1.165, 1.54) is 4.31 Å². The molecule has 0 fully saturated rings. The van der Waals surface area contributed by atoms with Gasteiger partial charge in [-0.25, -0.2) is 8.42 Å². The standard InChI is InChI=1S/C14H19N3O2S/c1-4-17-13(9-10-15-17)11-16(3)20(18,19)14-7-5-12(2)6-8-14/h5-10H,4,11H2,1-3H3. The summed E-state index contributed by atoms with van der Waals surface area (Å²) in [4.78, 5) is 0.313. The summed E-state index contributed by atoms with van der Waals surface area (Å²) in [7, 11) is -1.88. The highest BCUT2D eigenvalue weighted by Crippen LogP contribution is 2.17. The predicted molar refractivity (Wildman–Crippen MR) is 77.7 cm³/mol. The van der Waals surface area contributed by atoms with Gasteiger partial charge in [-0.05, 0) is 32.0 Å². The molecule has 0 saturated heterocycles. The number of sulfonamides is 1. The number of nitrogens with zero attached hydrogens (tertiary/aromatic N) is 3. The molecule has 0 unspecified atom stereocenters. The van der Waals surface area contributed by atoms with Crippen LogP contribution in [0.5, 0.6) is 0 Å². The van der Waals surface area contributed by atoms with Crippen LogP contribution in [0, 0.1) is 6.92 Å². The van der Waals surface area contributed by atoms with E-state index in [9.17, 15) is 8.42 Å². The minimum atomic E-state index is -3.46. The summed E-state index contributed by atoms with van der Waals surface area (Å²) < 4.78 is 28.1. The first-order chi connectivity index (χ1) is 9.45. The molecule has 0 radical (unpaired) electrons. The summed E-state index contributed by atoms with van der Waals surface area (Å²) in [6.07, 6.45) is 1.69. The molecule has 2 aromatic rings. The van der Waals surface area contributed by atoms with Crippen molar-refractivity contribution in [3.05, 3.63) is 47.8 Å². The Kier molecular flexibility index (Phi) is 4.25. The fourth-order valence-electron chi connectivity index (χ4n) is 1.98. The second-order valence-corrected chi connectivity index (χ2v) is 6.76. The number of aryl methyl sites for hydroxylation is 2. The minimum absolute atomic E-state index is 0.310. The number of aromatic nitrogens is 2. The first kappa shape index (κ1) is 14.7. The van der Waals surface area contributed by atoms with E-state index in [1.807, 2.05) is 19.9 Å². The highest BCUT2D eigenvalue weighted by molar-refractivity contribution is 7.89. The zero-order chi connectivity index (χ0) is 14.8. The van der Waals surface area contributed by atoms with Crippen LogP contribution in [0.1, 0.15) is 18.2 Å². The first-order valence-corrected chi connectivity index (χ1v) is 7.93. The molecular formula is C14H19N3O2S. The van der Waals surface area contributed by atoms with Crippen molar-refractivity contribution in [2.24, 2.45) is 0 Å². The van der Waals surface area contributed by atoms with Gasteiger partial charge in [-0.2, -0.15) is 9.40 Å². The molecule has 5 nitrogen and oxygen atoms in total. The molecule has 0 aliphatic carbocycles. The maximum atomic E-state index is 12.5. The van der Waals surface area contributed by atoms with Crippen molar-refractivity contribution < 1.29 is 8.42 Å². The number of benzene rings is 1. The SMILES string of the molecule is CCn1nccc1CN(C)S(=O)(=O)c1ccc(C)cc1. The Balaban J connectivity index is 2.23. The van der Waals surface area contributed by atoms with Crippen molar-refractivity contribution in [1.29, 1.82) is 0 Å². The van der Waals surface area contributed by atoms with Crippen LogP contribution in [0.3, 0.4) is 0 Å². The monoisotopic (exact) mass is 293 g/mol. The predicted octanol–water partition coefficient (Wildman–Crippen LogP) is 2.03. The third-order valence-corrected chi connectivity index (χ3v) is 5.04. The van der Waals surface area contributed by atoms with E-state index in [-0.39, 0.29) is 0 Å². The molecule has 0 amide bonds. The minimum Gasteiger partial charge on any atom is -0.269 e. The van der Waals surface area contributed by atoms with Gasteiger partial charge in [0, 0.05) is 19.8 Å². The van der Waals surface area contributed by atoms with Crippen molar-refractivity contribution in [3.63, 3.8) is 0 Å². The van der Waals surface area contributed by atoms with Gasteiger partial charge in [0.05, 0.1) is 17.1 Å². The summed E-state index contributed by atoms with van der Waals surface area (Å²) in [5, 5.41) is 4.15. The molecule has 0 spiro atoms. The Bertz CT molecular complexity index is 675. The second-order valence-electron chi connectivity index (χ2n) is 4.71. The van der Waals surface area contributed by atoms with Crippen LogP contribution in [0.15, 0.2) is 41.4 Å². The van der Waals surface area contributed by atoms with Crippen LogP contribution >= 0.6 is 0 Å². The maximum Gasteiger partial charge on any atom is 0.243 e. The molecule has 2 rings (SSSR count). The largest absolute Gasteiger partial charge is 0.269 e. The van der Waals surface area contributed by atoms with E-state index in [0.717, 1.165) is 17.8 Å². The Morgan fingerprint density at radius 2 is 1.85 bits per heavy atom. The Labute approximate surface area is 119 Å². The Morgan fingerprint density at radius 3 is 2.45 bits per heavy atom. The van der Waals surface area contributed by atoms with E-state index in [1.54, 1.807) is 42.2 Å². The third-order valence-electron chi connectivity index (χ3n) is 3.22. The van der Waals surface area contributed by atoms with Gasteiger partial charge in [0.25, 0.3) is 0 Å². The lowest BCUT2D eigenvalue weighted by atomic mass is 10.2. The van der Waals surface area contributed by atoms with E-state index >= 15 is 0 Å². The topological polar surface area (TPSA) is 55.2 Å². The third kappa shape index (κ3) is 2.91. The molecule has 6 heteroatoms. The van der Waals surface area contributed by atoms with Crippen molar-refractivity contribution in [2.75, 3.05) is 7.05 Å². The quantitative estimate of drug-likeness (QED) is 0.847. The summed E-state index contributed by atoms with van der Waals surface area (Å²) in [5.74, 6) is 0. The normalized spacial score (nSPS) is 12.0. The zero-order valence-electron chi connectivity index (χ0n) is 11.9. The van der Waals surface area contributed by atoms with E-state index in [2.05, 4.69) is 5.10 Å². The summed E-state index contributed by atoms with van der Waals surface area (Å²) in [5.41, 5.74) is 1.92. The van der Waals surface area contributed by atoms with Crippen LogP contribution in [0.2, 0.25) is 0 Å². The smallest absolute Gasteiger partial charge is 0.243 e. The van der Waals surface area contributed by atoms with Crippen LogP contribution in [-0.4, -0.2) is 29.6 Å². The molecule has 0 aliphatic heterocycles. The molecule has 1 aromatic carbocycles. The average molecular weight is 293 g/mol. The molecule has 0 aliphatic rings. The molecule has 20 heavy (non-hydrogen) atoms. The summed E-state index contributed by atoms with van der Waals surface area (Å²) in [6, 6.07) is 8.72. The maximum absolute atomic E-state index is 12.5. The summed E-state index contributed by atoms with van der Waals surface area (Å²) >= 11 is 0. The number of hydrogen-bond acceptors (Lipinski definition) is 3. The Hall–Kier alpha value is -1.66. The molecule has 0 bridgehead atoms. The van der Waals surface area contributed by atoms with Gasteiger partial charge in [-0.3, -0.25) is 4.68 Å². The van der Waals surface area contributed by atoms with Gasteiger partial charge in [0.2, 0.25) is 10.0 Å². The zero-order valence-corrected chi connectivity index (χ0v) is 12.8. The number of hydrogen-bond donors (Lipinski definition) is 0. The Morgan fingerprint density at radius 1 is 1.20 bits per heavy atom. The van der Waals surface area contributed by atoms with Gasteiger partial charge >= 0.3 is 0 Å². The fraction of sp³-hybridized carbons (Fsp3) is 0.357. The lowest BCUT2D eigenvalue weighted by molar-refractivity contribution is 0.447. The van der Waals surface area contributed by atoms with Gasteiger partial charge in [0.15, 0.2) is 0 Å². The van der Waals surface area contributed by atoms with Crippen molar-refractivity contribution in [3.8, 4) is 0 Å². The molecule has 108 valence electrons. The molecule has 1 aromatic heterocycles. The van der Waals surface area contributed by atoms with Crippen LogP contribution in [0.25, 0.3) is 0 Å². The van der Waals surface area contributed by atoms with Crippen LogP contribution < -0.4 is 0 Å². The van der Waals surface area contributed by atoms with Crippen LogP contribution in [-0.2, 0) is 23.1 Å². The van der Waals surface area contributed by atoms with Crippen LogP contribution in [0.4, 0.5) is 0 Å². The molecule has 0 saturated carbocycles.